The van der Waals surface area contributed by atoms with Gasteiger partial charge in [-0.2, -0.15) is 13.2 Å². The maximum absolute atomic E-state index is 13.3. The minimum atomic E-state index is -4.38. The van der Waals surface area contributed by atoms with E-state index in [1.54, 1.807) is 0 Å². The zero-order valence-corrected chi connectivity index (χ0v) is 10.9. The first kappa shape index (κ1) is 15.3. The molecule has 18 heavy (non-hydrogen) atoms. The third-order valence-electron chi connectivity index (χ3n) is 3.53. The third kappa shape index (κ3) is 2.79. The highest BCUT2D eigenvalue weighted by atomic mass is 19.4. The van der Waals surface area contributed by atoms with Crippen LogP contribution in [0.2, 0.25) is 0 Å². The molecule has 1 atom stereocenters. The van der Waals surface area contributed by atoms with Gasteiger partial charge in [0.05, 0.1) is 0 Å². The SMILES string of the molecule is CCCCC(=O)N1CCCC1(CNC)C(F)(F)F. The summed E-state index contributed by atoms with van der Waals surface area (Å²) in [6, 6.07) is 0. The van der Waals surface area contributed by atoms with E-state index in [1.165, 1.54) is 7.05 Å². The van der Waals surface area contributed by atoms with E-state index in [9.17, 15) is 18.0 Å². The Hall–Kier alpha value is -0.780. The van der Waals surface area contributed by atoms with Crippen LogP contribution in [-0.4, -0.2) is 42.7 Å². The second-order valence-corrected chi connectivity index (χ2v) is 4.81. The summed E-state index contributed by atoms with van der Waals surface area (Å²) in [6.07, 6.45) is -2.31. The first-order valence-electron chi connectivity index (χ1n) is 6.41. The molecule has 3 nitrogen and oxygen atoms in total. The topological polar surface area (TPSA) is 32.3 Å². The van der Waals surface area contributed by atoms with Gasteiger partial charge in [-0.1, -0.05) is 13.3 Å². The fraction of sp³-hybridized carbons (Fsp3) is 0.917. The molecule has 106 valence electrons. The van der Waals surface area contributed by atoms with Crippen molar-refractivity contribution in [3.05, 3.63) is 0 Å². The fourth-order valence-corrected chi connectivity index (χ4v) is 2.58. The molecule has 1 amide bonds. The number of carbonyl (C=O) groups is 1. The van der Waals surface area contributed by atoms with Crippen molar-refractivity contribution < 1.29 is 18.0 Å². The number of rotatable bonds is 5. The van der Waals surface area contributed by atoms with Crippen molar-refractivity contribution >= 4 is 5.91 Å². The van der Waals surface area contributed by atoms with Gasteiger partial charge in [0.2, 0.25) is 5.91 Å². The Morgan fingerprint density at radius 1 is 1.44 bits per heavy atom. The van der Waals surface area contributed by atoms with Gasteiger partial charge in [0.1, 0.15) is 0 Å². The lowest BCUT2D eigenvalue weighted by molar-refractivity contribution is -0.222. The Morgan fingerprint density at radius 2 is 2.11 bits per heavy atom. The first-order valence-corrected chi connectivity index (χ1v) is 6.41. The molecule has 1 aliphatic rings. The molecule has 0 spiro atoms. The van der Waals surface area contributed by atoms with E-state index in [4.69, 9.17) is 0 Å². The monoisotopic (exact) mass is 266 g/mol. The zero-order chi connectivity index (χ0) is 13.8. The molecular weight excluding hydrogens is 245 g/mol. The van der Waals surface area contributed by atoms with Crippen molar-refractivity contribution in [1.29, 1.82) is 0 Å². The molecule has 1 aliphatic heterocycles. The second-order valence-electron chi connectivity index (χ2n) is 4.81. The van der Waals surface area contributed by atoms with Gasteiger partial charge in [-0.15, -0.1) is 0 Å². The van der Waals surface area contributed by atoms with Gasteiger partial charge in [-0.3, -0.25) is 4.79 Å². The van der Waals surface area contributed by atoms with Crippen molar-refractivity contribution in [2.24, 2.45) is 0 Å². The van der Waals surface area contributed by atoms with Gasteiger partial charge < -0.3 is 10.2 Å². The molecule has 1 heterocycles. The molecule has 0 aromatic carbocycles. The van der Waals surface area contributed by atoms with Crippen molar-refractivity contribution in [2.45, 2.75) is 50.7 Å². The first-order chi connectivity index (χ1) is 8.39. The van der Waals surface area contributed by atoms with Crippen LogP contribution in [0.15, 0.2) is 0 Å². The summed E-state index contributed by atoms with van der Waals surface area (Å²) in [5, 5.41) is 2.58. The summed E-state index contributed by atoms with van der Waals surface area (Å²) < 4.78 is 39.9. The highest BCUT2D eigenvalue weighted by molar-refractivity contribution is 5.77. The summed E-state index contributed by atoms with van der Waals surface area (Å²) in [4.78, 5) is 13.0. The summed E-state index contributed by atoms with van der Waals surface area (Å²) in [6.45, 7) is 1.90. The normalized spacial score (nSPS) is 24.6. The average Bonchev–Trinajstić information content (AvgIpc) is 2.71. The van der Waals surface area contributed by atoms with Crippen molar-refractivity contribution in [3.8, 4) is 0 Å². The lowest BCUT2D eigenvalue weighted by Gasteiger charge is -2.40. The molecule has 0 aliphatic carbocycles. The number of alkyl halides is 3. The number of nitrogens with one attached hydrogen (secondary N) is 1. The minimum Gasteiger partial charge on any atom is -0.327 e. The number of hydrogen-bond donors (Lipinski definition) is 1. The number of likely N-dealkylation sites (tertiary alicyclic amines) is 1. The molecule has 0 saturated carbocycles. The highest BCUT2D eigenvalue weighted by Crippen LogP contribution is 2.43. The predicted molar refractivity (Wildman–Crippen MR) is 63.2 cm³/mol. The van der Waals surface area contributed by atoms with E-state index in [2.05, 4.69) is 5.32 Å². The van der Waals surface area contributed by atoms with Gasteiger partial charge in [0, 0.05) is 19.5 Å². The number of likely N-dealkylation sites (N-methyl/N-ethyl adjacent to an activating group) is 1. The molecule has 0 aromatic rings. The minimum absolute atomic E-state index is 0.00476. The van der Waals surface area contributed by atoms with Crippen LogP contribution in [0.25, 0.3) is 0 Å². The molecule has 1 saturated heterocycles. The molecule has 0 aromatic heterocycles. The summed E-state index contributed by atoms with van der Waals surface area (Å²) >= 11 is 0. The molecule has 0 radical (unpaired) electrons. The van der Waals surface area contributed by atoms with Crippen LogP contribution < -0.4 is 5.32 Å². The second kappa shape index (κ2) is 5.91. The predicted octanol–water partition coefficient (Wildman–Crippen LogP) is 2.32. The summed E-state index contributed by atoms with van der Waals surface area (Å²) in [5.74, 6) is -0.373. The molecular formula is C12H21F3N2O. The van der Waals surface area contributed by atoms with Crippen LogP contribution in [0.3, 0.4) is 0 Å². The van der Waals surface area contributed by atoms with Crippen LogP contribution in [-0.2, 0) is 4.79 Å². The summed E-state index contributed by atoms with van der Waals surface area (Å²) in [5.41, 5.74) is -2.01. The average molecular weight is 266 g/mol. The van der Waals surface area contributed by atoms with Gasteiger partial charge in [0.15, 0.2) is 5.54 Å². The number of carbonyl (C=O) groups excluding carboxylic acids is 1. The van der Waals surface area contributed by atoms with Gasteiger partial charge in [-0.25, -0.2) is 0 Å². The van der Waals surface area contributed by atoms with Gasteiger partial charge in [0.25, 0.3) is 0 Å². The molecule has 6 heteroatoms. The molecule has 1 N–H and O–H groups in total. The van der Waals surface area contributed by atoms with E-state index in [0.717, 1.165) is 11.3 Å². The molecule has 1 rings (SSSR count). The lowest BCUT2D eigenvalue weighted by atomic mass is 9.94. The molecule has 0 bridgehead atoms. The number of hydrogen-bond acceptors (Lipinski definition) is 2. The van der Waals surface area contributed by atoms with Gasteiger partial charge in [-0.05, 0) is 26.3 Å². The maximum Gasteiger partial charge on any atom is 0.412 e. The van der Waals surface area contributed by atoms with Crippen LogP contribution >= 0.6 is 0 Å². The van der Waals surface area contributed by atoms with E-state index >= 15 is 0 Å². The fourth-order valence-electron chi connectivity index (χ4n) is 2.58. The van der Waals surface area contributed by atoms with E-state index in [-0.39, 0.29) is 31.8 Å². The van der Waals surface area contributed by atoms with Crippen molar-refractivity contribution in [2.75, 3.05) is 20.1 Å². The summed E-state index contributed by atoms with van der Waals surface area (Å²) in [7, 11) is 1.49. The number of amides is 1. The van der Waals surface area contributed by atoms with Crippen molar-refractivity contribution in [1.82, 2.24) is 10.2 Å². The van der Waals surface area contributed by atoms with Crippen LogP contribution in [0.1, 0.15) is 39.0 Å². The zero-order valence-electron chi connectivity index (χ0n) is 10.9. The van der Waals surface area contributed by atoms with Crippen LogP contribution in [0, 0.1) is 0 Å². The Morgan fingerprint density at radius 3 is 2.61 bits per heavy atom. The Kier molecular flexibility index (Phi) is 5.01. The Balaban J connectivity index is 2.91. The van der Waals surface area contributed by atoms with Crippen LogP contribution in [0.4, 0.5) is 13.2 Å². The number of nitrogens with zero attached hydrogens (tertiary/aromatic N) is 1. The van der Waals surface area contributed by atoms with Crippen LogP contribution in [0.5, 0.6) is 0 Å². The number of unbranched alkanes of at least 4 members (excludes halogenated alkanes) is 1. The lowest BCUT2D eigenvalue weighted by Crippen LogP contribution is -2.61. The van der Waals surface area contributed by atoms with Gasteiger partial charge >= 0.3 is 6.18 Å². The Labute approximate surface area is 106 Å². The van der Waals surface area contributed by atoms with Crippen molar-refractivity contribution in [3.63, 3.8) is 0 Å². The molecule has 1 fully saturated rings. The number of halogens is 3. The van der Waals surface area contributed by atoms with E-state index < -0.39 is 11.7 Å². The van der Waals surface area contributed by atoms with E-state index in [0.29, 0.717) is 12.8 Å². The van der Waals surface area contributed by atoms with E-state index in [1.807, 2.05) is 6.92 Å². The third-order valence-corrected chi connectivity index (χ3v) is 3.53. The largest absolute Gasteiger partial charge is 0.412 e. The molecule has 1 unspecified atom stereocenters. The standard InChI is InChI=1S/C12H21F3N2O/c1-3-4-6-10(18)17-8-5-7-11(17,9-16-2)12(13,14)15/h16H,3-9H2,1-2H3. The highest BCUT2D eigenvalue weighted by Gasteiger charge is 2.61. The quantitative estimate of drug-likeness (QED) is 0.828. The smallest absolute Gasteiger partial charge is 0.327 e. The Bertz CT molecular complexity index is 294. The maximum atomic E-state index is 13.3.